The topological polar surface area (TPSA) is 79.8 Å². The van der Waals surface area contributed by atoms with E-state index in [4.69, 9.17) is 4.74 Å². The van der Waals surface area contributed by atoms with Gasteiger partial charge in [0.05, 0.1) is 19.0 Å². The molecule has 6 heteroatoms. The summed E-state index contributed by atoms with van der Waals surface area (Å²) in [5.74, 6) is -1.21. The molecule has 2 aromatic carbocycles. The van der Waals surface area contributed by atoms with E-state index in [1.807, 2.05) is 24.3 Å². The van der Waals surface area contributed by atoms with E-state index in [9.17, 15) is 9.59 Å². The minimum Gasteiger partial charge on any atom is -0.495 e. The first-order valence-corrected chi connectivity index (χ1v) is 7.50. The molecule has 0 unspecified atom stereocenters. The lowest BCUT2D eigenvalue weighted by atomic mass is 10.1. The van der Waals surface area contributed by atoms with Crippen LogP contribution in [0, 0.1) is 0 Å². The SMILES string of the molecule is CCc1ccc(/C=N\NC(=O)C(=O)Nc2ccccc2OC)cc1. The smallest absolute Gasteiger partial charge is 0.329 e. The van der Waals surface area contributed by atoms with Crippen LogP contribution in [0.15, 0.2) is 53.6 Å². The number of para-hydroxylation sites is 2. The highest BCUT2D eigenvalue weighted by molar-refractivity contribution is 6.39. The highest BCUT2D eigenvalue weighted by Gasteiger charge is 2.14. The molecule has 0 aliphatic rings. The summed E-state index contributed by atoms with van der Waals surface area (Å²) < 4.78 is 5.11. The van der Waals surface area contributed by atoms with Crippen molar-refractivity contribution in [1.82, 2.24) is 5.43 Å². The molecule has 0 aliphatic carbocycles. The van der Waals surface area contributed by atoms with Crippen LogP contribution in [0.25, 0.3) is 0 Å². The van der Waals surface area contributed by atoms with Gasteiger partial charge in [-0.05, 0) is 29.7 Å². The van der Waals surface area contributed by atoms with E-state index in [2.05, 4.69) is 22.8 Å². The van der Waals surface area contributed by atoms with Crippen molar-refractivity contribution < 1.29 is 14.3 Å². The molecule has 0 saturated heterocycles. The first-order chi connectivity index (χ1) is 11.6. The molecule has 0 radical (unpaired) electrons. The Morgan fingerprint density at radius 3 is 2.46 bits per heavy atom. The molecule has 24 heavy (non-hydrogen) atoms. The zero-order valence-corrected chi connectivity index (χ0v) is 13.6. The number of ether oxygens (including phenoxy) is 1. The number of hydrogen-bond donors (Lipinski definition) is 2. The summed E-state index contributed by atoms with van der Waals surface area (Å²) in [6.45, 7) is 2.07. The third-order valence-electron chi connectivity index (χ3n) is 3.33. The highest BCUT2D eigenvalue weighted by Crippen LogP contribution is 2.22. The van der Waals surface area contributed by atoms with E-state index in [-0.39, 0.29) is 0 Å². The fourth-order valence-electron chi connectivity index (χ4n) is 1.98. The van der Waals surface area contributed by atoms with Crippen LogP contribution in [-0.2, 0) is 16.0 Å². The summed E-state index contributed by atoms with van der Waals surface area (Å²) in [7, 11) is 1.49. The Morgan fingerprint density at radius 2 is 1.79 bits per heavy atom. The number of amides is 2. The molecule has 2 amide bonds. The molecule has 0 saturated carbocycles. The van der Waals surface area contributed by atoms with E-state index in [0.29, 0.717) is 11.4 Å². The number of aryl methyl sites for hydroxylation is 1. The van der Waals surface area contributed by atoms with Crippen molar-refractivity contribution in [3.05, 3.63) is 59.7 Å². The largest absolute Gasteiger partial charge is 0.495 e. The summed E-state index contributed by atoms with van der Waals surface area (Å²) in [5.41, 5.74) is 4.66. The number of hydrazone groups is 1. The molecule has 2 N–H and O–H groups in total. The van der Waals surface area contributed by atoms with Gasteiger partial charge in [-0.2, -0.15) is 5.10 Å². The molecule has 0 aromatic heterocycles. The molecular weight excluding hydrogens is 306 g/mol. The first kappa shape index (κ1) is 17.2. The predicted octanol–water partition coefficient (Wildman–Crippen LogP) is 2.35. The molecule has 0 heterocycles. The molecule has 0 bridgehead atoms. The van der Waals surface area contributed by atoms with E-state index < -0.39 is 11.8 Å². The van der Waals surface area contributed by atoms with E-state index in [1.165, 1.54) is 18.9 Å². The van der Waals surface area contributed by atoms with Crippen molar-refractivity contribution in [2.24, 2.45) is 5.10 Å². The molecule has 0 fully saturated rings. The van der Waals surface area contributed by atoms with Gasteiger partial charge in [0.1, 0.15) is 5.75 Å². The summed E-state index contributed by atoms with van der Waals surface area (Å²) >= 11 is 0. The maximum Gasteiger partial charge on any atom is 0.329 e. The van der Waals surface area contributed by atoms with Gasteiger partial charge in [-0.15, -0.1) is 0 Å². The number of nitrogens with one attached hydrogen (secondary N) is 2. The highest BCUT2D eigenvalue weighted by atomic mass is 16.5. The second-order valence-electron chi connectivity index (χ2n) is 4.95. The summed E-state index contributed by atoms with van der Waals surface area (Å²) in [5, 5.41) is 6.26. The van der Waals surface area contributed by atoms with Gasteiger partial charge in [0, 0.05) is 0 Å². The van der Waals surface area contributed by atoms with Crippen LogP contribution in [0.2, 0.25) is 0 Å². The van der Waals surface area contributed by atoms with Gasteiger partial charge >= 0.3 is 11.8 Å². The van der Waals surface area contributed by atoms with Crippen LogP contribution in [0.5, 0.6) is 5.75 Å². The van der Waals surface area contributed by atoms with Gasteiger partial charge in [0.25, 0.3) is 0 Å². The van der Waals surface area contributed by atoms with Crippen molar-refractivity contribution in [3.63, 3.8) is 0 Å². The van der Waals surface area contributed by atoms with Gasteiger partial charge in [0.15, 0.2) is 0 Å². The number of methoxy groups -OCH3 is 1. The molecule has 2 aromatic rings. The first-order valence-electron chi connectivity index (χ1n) is 7.50. The summed E-state index contributed by atoms with van der Waals surface area (Å²) in [6, 6.07) is 14.6. The summed E-state index contributed by atoms with van der Waals surface area (Å²) in [4.78, 5) is 23.6. The Balaban J connectivity index is 1.91. The van der Waals surface area contributed by atoms with Crippen LogP contribution in [-0.4, -0.2) is 25.1 Å². The van der Waals surface area contributed by atoms with Gasteiger partial charge < -0.3 is 10.1 Å². The fraction of sp³-hybridized carbons (Fsp3) is 0.167. The second-order valence-corrected chi connectivity index (χ2v) is 4.95. The number of nitrogens with zero attached hydrogens (tertiary/aromatic N) is 1. The van der Waals surface area contributed by atoms with Crippen LogP contribution in [0.4, 0.5) is 5.69 Å². The molecule has 2 rings (SSSR count). The average Bonchev–Trinajstić information content (AvgIpc) is 2.62. The van der Waals surface area contributed by atoms with Crippen molar-refractivity contribution in [3.8, 4) is 5.75 Å². The lowest BCUT2D eigenvalue weighted by molar-refractivity contribution is -0.136. The van der Waals surface area contributed by atoms with Gasteiger partial charge in [-0.3, -0.25) is 9.59 Å². The van der Waals surface area contributed by atoms with Gasteiger partial charge in [0.2, 0.25) is 0 Å². The Bertz CT molecular complexity index is 739. The number of carbonyl (C=O) groups is 2. The third-order valence-corrected chi connectivity index (χ3v) is 3.33. The monoisotopic (exact) mass is 325 g/mol. The molecule has 124 valence electrons. The molecule has 6 nitrogen and oxygen atoms in total. The van der Waals surface area contributed by atoms with Crippen molar-refractivity contribution in [2.75, 3.05) is 12.4 Å². The van der Waals surface area contributed by atoms with Crippen molar-refractivity contribution in [1.29, 1.82) is 0 Å². The van der Waals surface area contributed by atoms with E-state index in [1.54, 1.807) is 24.3 Å². The quantitative estimate of drug-likeness (QED) is 0.503. The maximum atomic E-state index is 11.9. The van der Waals surface area contributed by atoms with Crippen LogP contribution in [0.1, 0.15) is 18.1 Å². The number of rotatable bonds is 5. The molecule has 0 atom stereocenters. The Hall–Kier alpha value is -3.15. The minimum absolute atomic E-state index is 0.416. The number of carbonyl (C=O) groups excluding carboxylic acids is 2. The van der Waals surface area contributed by atoms with E-state index in [0.717, 1.165) is 12.0 Å². The summed E-state index contributed by atoms with van der Waals surface area (Å²) in [6.07, 6.45) is 2.44. The lowest BCUT2D eigenvalue weighted by Crippen LogP contribution is -2.32. The van der Waals surface area contributed by atoms with Gasteiger partial charge in [-0.25, -0.2) is 5.43 Å². The van der Waals surface area contributed by atoms with Crippen LogP contribution < -0.4 is 15.5 Å². The Morgan fingerprint density at radius 1 is 1.08 bits per heavy atom. The lowest BCUT2D eigenvalue weighted by Gasteiger charge is -2.08. The minimum atomic E-state index is -0.859. The molecule has 0 spiro atoms. The van der Waals surface area contributed by atoms with Crippen molar-refractivity contribution >= 4 is 23.7 Å². The molecule has 0 aliphatic heterocycles. The standard InChI is InChI=1S/C18H19N3O3/c1-3-13-8-10-14(11-9-13)12-19-21-18(23)17(22)20-15-6-4-5-7-16(15)24-2/h4-12H,3H2,1-2H3,(H,20,22)(H,21,23)/b19-12-. The maximum absolute atomic E-state index is 11.9. The normalized spacial score (nSPS) is 10.4. The zero-order chi connectivity index (χ0) is 17.4. The second kappa shape index (κ2) is 8.47. The number of hydrogen-bond acceptors (Lipinski definition) is 4. The van der Waals surface area contributed by atoms with Gasteiger partial charge in [-0.1, -0.05) is 43.3 Å². The Labute approximate surface area is 140 Å². The van der Waals surface area contributed by atoms with Crippen molar-refractivity contribution in [2.45, 2.75) is 13.3 Å². The zero-order valence-electron chi connectivity index (χ0n) is 13.6. The third kappa shape index (κ3) is 4.67. The van der Waals surface area contributed by atoms with Crippen LogP contribution in [0.3, 0.4) is 0 Å². The number of anilines is 1. The van der Waals surface area contributed by atoms with Crippen LogP contribution >= 0.6 is 0 Å². The fourth-order valence-corrected chi connectivity index (χ4v) is 1.98. The van der Waals surface area contributed by atoms with E-state index >= 15 is 0 Å². The number of benzene rings is 2. The Kier molecular flexibility index (Phi) is 6.08. The predicted molar refractivity (Wildman–Crippen MR) is 93.2 cm³/mol. The average molecular weight is 325 g/mol. The molecular formula is C18H19N3O3.